The van der Waals surface area contributed by atoms with Gasteiger partial charge in [-0.2, -0.15) is 0 Å². The number of aliphatic carboxylic acids is 3. The molecule has 0 atom stereocenters. The van der Waals surface area contributed by atoms with Crippen molar-refractivity contribution in [2.24, 2.45) is 0 Å². The second kappa shape index (κ2) is 18.2. The van der Waals surface area contributed by atoms with E-state index < -0.39 is 42.0 Å². The van der Waals surface area contributed by atoms with Crippen molar-refractivity contribution in [3.63, 3.8) is 0 Å². The maximum Gasteiger partial charge on any atom is 0.359 e. The molecule has 0 fully saturated rings. The summed E-state index contributed by atoms with van der Waals surface area (Å²) in [7, 11) is 0. The molecule has 0 amide bonds. The highest BCUT2D eigenvalue weighted by Crippen LogP contribution is 2.15. The molecule has 0 aromatic carbocycles. The quantitative estimate of drug-likeness (QED) is 0.166. The maximum atomic E-state index is 11.1. The number of unbranched alkanes of at least 4 members (excludes halogenated alkanes) is 14. The summed E-state index contributed by atoms with van der Waals surface area (Å²) in [4.78, 5) is 33.4. The molecule has 0 aromatic rings. The molecule has 0 saturated carbocycles. The lowest BCUT2D eigenvalue weighted by Gasteiger charge is -2.34. The van der Waals surface area contributed by atoms with Crippen LogP contribution in [0.15, 0.2) is 0 Å². The molecule has 7 heteroatoms. The average molecular weight is 431 g/mol. The number of nitrogens with zero attached hydrogens (tertiary/aromatic N) is 1. The van der Waals surface area contributed by atoms with Crippen molar-refractivity contribution in [1.29, 1.82) is 0 Å². The number of carbonyl (C=O) groups is 3. The number of hydrogen-bond acceptors (Lipinski definition) is 3. The van der Waals surface area contributed by atoms with Crippen LogP contribution in [0.25, 0.3) is 0 Å². The van der Waals surface area contributed by atoms with Gasteiger partial charge in [0.1, 0.15) is 0 Å². The Hall–Kier alpha value is -1.63. The fourth-order valence-electron chi connectivity index (χ4n) is 4.08. The normalized spacial score (nSPS) is 11.5. The summed E-state index contributed by atoms with van der Waals surface area (Å²) in [6.45, 7) is 1.08. The Labute approximate surface area is 182 Å². The van der Waals surface area contributed by atoms with Crippen LogP contribution in [0.4, 0.5) is 0 Å². The zero-order valence-electron chi connectivity index (χ0n) is 18.9. The molecule has 0 aliphatic heterocycles. The molecule has 176 valence electrons. The van der Waals surface area contributed by atoms with Crippen molar-refractivity contribution in [2.75, 3.05) is 26.2 Å². The third kappa shape index (κ3) is 17.2. The van der Waals surface area contributed by atoms with E-state index in [-0.39, 0.29) is 6.54 Å². The van der Waals surface area contributed by atoms with Gasteiger partial charge in [0.05, 0.1) is 6.54 Å². The van der Waals surface area contributed by atoms with E-state index in [1.165, 1.54) is 70.6 Å². The molecule has 7 nitrogen and oxygen atoms in total. The Morgan fingerprint density at radius 3 is 1.03 bits per heavy atom. The molecular weight excluding hydrogens is 386 g/mol. The lowest BCUT2D eigenvalue weighted by atomic mass is 10.0. The Kier molecular flexibility index (Phi) is 17.2. The molecule has 0 spiro atoms. The fraction of sp³-hybridized carbons (Fsp3) is 0.870. The van der Waals surface area contributed by atoms with E-state index in [1.54, 1.807) is 0 Å². The van der Waals surface area contributed by atoms with Gasteiger partial charge in [-0.05, 0) is 12.8 Å². The summed E-state index contributed by atoms with van der Waals surface area (Å²) in [5, 5.41) is 27.3. The summed E-state index contributed by atoms with van der Waals surface area (Å²) in [5.74, 6) is -3.50. The van der Waals surface area contributed by atoms with Crippen LogP contribution in [0.5, 0.6) is 0 Å². The van der Waals surface area contributed by atoms with E-state index >= 15 is 0 Å². The Balaban J connectivity index is 3.87. The lowest BCUT2D eigenvalue weighted by Crippen LogP contribution is -2.57. The Bertz CT molecular complexity index is 440. The van der Waals surface area contributed by atoms with Gasteiger partial charge < -0.3 is 15.3 Å². The molecule has 3 N–H and O–H groups in total. The summed E-state index contributed by atoms with van der Waals surface area (Å²) >= 11 is 0. The predicted molar refractivity (Wildman–Crippen MR) is 118 cm³/mol. The van der Waals surface area contributed by atoms with E-state index in [2.05, 4.69) is 6.92 Å². The number of hydrogen-bond donors (Lipinski definition) is 3. The molecule has 30 heavy (non-hydrogen) atoms. The minimum Gasteiger partial charge on any atom is -0.477 e. The minimum absolute atomic E-state index is 0.267. The van der Waals surface area contributed by atoms with Gasteiger partial charge in [-0.25, -0.2) is 14.4 Å². The molecule has 0 aliphatic carbocycles. The molecule has 0 aliphatic rings. The highest BCUT2D eigenvalue weighted by Gasteiger charge is 2.35. The van der Waals surface area contributed by atoms with Crippen molar-refractivity contribution >= 4 is 17.9 Å². The smallest absolute Gasteiger partial charge is 0.359 e. The first kappa shape index (κ1) is 28.4. The van der Waals surface area contributed by atoms with Crippen LogP contribution in [0.1, 0.15) is 103 Å². The lowest BCUT2D eigenvalue weighted by molar-refractivity contribution is -0.907. The number of carboxylic acids is 3. The van der Waals surface area contributed by atoms with Crippen LogP contribution in [0.2, 0.25) is 0 Å². The molecule has 0 bridgehead atoms. The van der Waals surface area contributed by atoms with Gasteiger partial charge in [0.2, 0.25) is 0 Å². The molecular formula is C23H44NO6+. The summed E-state index contributed by atoms with van der Waals surface area (Å²) in [6.07, 6.45) is 18.1. The van der Waals surface area contributed by atoms with Gasteiger partial charge in [0.25, 0.3) is 0 Å². The van der Waals surface area contributed by atoms with Crippen LogP contribution in [0, 0.1) is 0 Å². The second-order valence-electron chi connectivity index (χ2n) is 8.67. The summed E-state index contributed by atoms with van der Waals surface area (Å²) in [5.41, 5.74) is 0. The van der Waals surface area contributed by atoms with Crippen LogP contribution in [-0.4, -0.2) is 63.9 Å². The minimum atomic E-state index is -1.17. The average Bonchev–Trinajstić information content (AvgIpc) is 2.63. The molecule has 0 aromatic heterocycles. The Morgan fingerprint density at radius 2 is 0.767 bits per heavy atom. The number of rotatable bonds is 22. The maximum absolute atomic E-state index is 11.1. The van der Waals surface area contributed by atoms with Crippen LogP contribution >= 0.6 is 0 Å². The van der Waals surface area contributed by atoms with E-state index in [0.717, 1.165) is 19.3 Å². The third-order valence-corrected chi connectivity index (χ3v) is 5.65. The van der Waals surface area contributed by atoms with Gasteiger partial charge in [-0.1, -0.05) is 90.4 Å². The first-order chi connectivity index (χ1) is 14.3. The highest BCUT2D eigenvalue weighted by atomic mass is 16.4. The van der Waals surface area contributed by atoms with Crippen LogP contribution in [0.3, 0.4) is 0 Å². The zero-order chi connectivity index (χ0) is 22.7. The standard InChI is InChI=1S/C23H43NO6/c1-2-3-4-5-6-7-8-9-10-11-12-13-14-15-16-17-24(18-21(25)26,19-22(27)28)20-23(29)30/h2-20H2,1H3,(H2-,25,26,27,28,29,30)/p+1. The molecule has 0 heterocycles. The third-order valence-electron chi connectivity index (χ3n) is 5.65. The SMILES string of the molecule is CCCCCCCCCCCCCCCCC[N+](CC(=O)O)(CC(=O)O)CC(=O)O. The van der Waals surface area contributed by atoms with E-state index in [9.17, 15) is 14.4 Å². The van der Waals surface area contributed by atoms with Gasteiger partial charge in [-0.15, -0.1) is 0 Å². The van der Waals surface area contributed by atoms with Crippen molar-refractivity contribution < 1.29 is 34.2 Å². The second-order valence-corrected chi connectivity index (χ2v) is 8.67. The summed E-state index contributed by atoms with van der Waals surface area (Å²) < 4.78 is -0.432. The molecule has 0 saturated heterocycles. The first-order valence-corrected chi connectivity index (χ1v) is 11.8. The highest BCUT2D eigenvalue weighted by molar-refractivity contribution is 5.73. The van der Waals surface area contributed by atoms with Crippen LogP contribution in [-0.2, 0) is 14.4 Å². The molecule has 0 radical (unpaired) electrons. The zero-order valence-corrected chi connectivity index (χ0v) is 18.9. The molecule has 0 rings (SSSR count). The van der Waals surface area contributed by atoms with E-state index in [4.69, 9.17) is 15.3 Å². The topological polar surface area (TPSA) is 112 Å². The largest absolute Gasteiger partial charge is 0.477 e. The van der Waals surface area contributed by atoms with Gasteiger partial charge in [0, 0.05) is 0 Å². The van der Waals surface area contributed by atoms with Crippen LogP contribution < -0.4 is 0 Å². The number of quaternary nitrogens is 1. The van der Waals surface area contributed by atoms with Gasteiger partial charge >= 0.3 is 17.9 Å². The fourth-order valence-corrected chi connectivity index (χ4v) is 4.08. The van der Waals surface area contributed by atoms with E-state index in [1.807, 2.05) is 0 Å². The monoisotopic (exact) mass is 430 g/mol. The summed E-state index contributed by atoms with van der Waals surface area (Å²) in [6, 6.07) is 0. The number of carboxylic acid groups (broad SMARTS) is 3. The van der Waals surface area contributed by atoms with Gasteiger partial charge in [0.15, 0.2) is 19.6 Å². The Morgan fingerprint density at radius 1 is 0.500 bits per heavy atom. The molecule has 0 unspecified atom stereocenters. The first-order valence-electron chi connectivity index (χ1n) is 11.8. The predicted octanol–water partition coefficient (Wildman–Crippen LogP) is 4.93. The van der Waals surface area contributed by atoms with Crippen molar-refractivity contribution in [3.8, 4) is 0 Å². The van der Waals surface area contributed by atoms with E-state index in [0.29, 0.717) is 6.42 Å². The van der Waals surface area contributed by atoms with Gasteiger partial charge in [-0.3, -0.25) is 4.48 Å². The van der Waals surface area contributed by atoms with Crippen molar-refractivity contribution in [2.45, 2.75) is 103 Å². The van der Waals surface area contributed by atoms with Crippen molar-refractivity contribution in [1.82, 2.24) is 0 Å². The van der Waals surface area contributed by atoms with Crippen molar-refractivity contribution in [3.05, 3.63) is 0 Å².